The first-order chi connectivity index (χ1) is 15.6. The largest absolute Gasteiger partial charge is 0.481 e. The molecule has 4 nitrogen and oxygen atoms in total. The maximum Gasteiger partial charge on any atom is 0.307 e. The summed E-state index contributed by atoms with van der Waals surface area (Å²) in [6, 6.07) is 21.3. The van der Waals surface area contributed by atoms with Crippen molar-refractivity contribution in [3.05, 3.63) is 119 Å². The topological polar surface area (TPSA) is 63.1 Å². The molecule has 1 aliphatic rings. The van der Waals surface area contributed by atoms with Crippen LogP contribution in [0.4, 0.5) is 4.39 Å². The van der Waals surface area contributed by atoms with E-state index in [9.17, 15) is 14.3 Å². The van der Waals surface area contributed by atoms with Crippen molar-refractivity contribution < 1.29 is 14.3 Å². The van der Waals surface area contributed by atoms with Gasteiger partial charge in [0.25, 0.3) is 0 Å². The number of carboxylic acids is 1. The molecule has 4 aromatic rings. The molecule has 0 amide bonds. The van der Waals surface area contributed by atoms with Crippen molar-refractivity contribution in [2.24, 2.45) is 0 Å². The Labute approximate surface area is 185 Å². The van der Waals surface area contributed by atoms with Crippen LogP contribution >= 0.6 is 0 Å². The van der Waals surface area contributed by atoms with E-state index in [1.54, 1.807) is 12.4 Å². The van der Waals surface area contributed by atoms with Crippen molar-refractivity contribution in [1.82, 2.24) is 9.97 Å². The van der Waals surface area contributed by atoms with Gasteiger partial charge in [0, 0.05) is 24.0 Å². The van der Waals surface area contributed by atoms with Crippen LogP contribution < -0.4 is 0 Å². The minimum Gasteiger partial charge on any atom is -0.481 e. The SMILES string of the molecule is O=C(O)Cc1cccc2c1C(Cc1ccncc1)(Cc1ccnc(F)c1)c1ccccc1-2. The summed E-state index contributed by atoms with van der Waals surface area (Å²) in [6.45, 7) is 0. The van der Waals surface area contributed by atoms with Crippen LogP contribution in [0.25, 0.3) is 11.1 Å². The molecule has 32 heavy (non-hydrogen) atoms. The second-order valence-corrected chi connectivity index (χ2v) is 8.23. The fourth-order valence-electron chi connectivity index (χ4n) is 5.15. The van der Waals surface area contributed by atoms with Crippen LogP contribution in [0.2, 0.25) is 0 Å². The molecule has 1 atom stereocenters. The molecule has 5 rings (SSSR count). The summed E-state index contributed by atoms with van der Waals surface area (Å²) < 4.78 is 14.0. The lowest BCUT2D eigenvalue weighted by Gasteiger charge is -2.34. The van der Waals surface area contributed by atoms with Gasteiger partial charge < -0.3 is 5.11 Å². The molecule has 2 aromatic carbocycles. The standard InChI is InChI=1S/C27H21FN2O2/c28-24-14-19(10-13-30-24)17-27(16-18-8-11-29-12-9-18)23-7-2-1-5-21(23)22-6-3-4-20(26(22)27)15-25(31)32/h1-14H,15-17H2,(H,31,32). The number of benzene rings is 2. The molecule has 0 radical (unpaired) electrons. The zero-order chi connectivity index (χ0) is 22.1. The van der Waals surface area contributed by atoms with Crippen LogP contribution in [0, 0.1) is 5.95 Å². The van der Waals surface area contributed by atoms with Crippen molar-refractivity contribution in [3.63, 3.8) is 0 Å². The zero-order valence-corrected chi connectivity index (χ0v) is 17.3. The highest BCUT2D eigenvalue weighted by atomic mass is 19.1. The summed E-state index contributed by atoms with van der Waals surface area (Å²) in [7, 11) is 0. The highest BCUT2D eigenvalue weighted by molar-refractivity contribution is 5.84. The van der Waals surface area contributed by atoms with Crippen LogP contribution in [0.5, 0.6) is 0 Å². The lowest BCUT2D eigenvalue weighted by molar-refractivity contribution is -0.136. The van der Waals surface area contributed by atoms with Crippen LogP contribution in [0.15, 0.2) is 85.3 Å². The van der Waals surface area contributed by atoms with Crippen molar-refractivity contribution in [2.45, 2.75) is 24.7 Å². The van der Waals surface area contributed by atoms with E-state index >= 15 is 0 Å². The maximum atomic E-state index is 14.0. The van der Waals surface area contributed by atoms with E-state index in [2.05, 4.69) is 28.2 Å². The molecular formula is C27H21FN2O2. The first-order valence-electron chi connectivity index (χ1n) is 10.5. The number of rotatable bonds is 6. The second kappa shape index (κ2) is 8.00. The minimum absolute atomic E-state index is 0.0695. The molecule has 0 spiro atoms. The number of hydrogen-bond donors (Lipinski definition) is 1. The van der Waals surface area contributed by atoms with Gasteiger partial charge in [0.1, 0.15) is 0 Å². The van der Waals surface area contributed by atoms with Gasteiger partial charge in [-0.05, 0) is 76.1 Å². The summed E-state index contributed by atoms with van der Waals surface area (Å²) in [5.41, 5.74) is 6.42. The van der Waals surface area contributed by atoms with Crippen molar-refractivity contribution >= 4 is 5.97 Å². The third kappa shape index (κ3) is 3.46. The van der Waals surface area contributed by atoms with Gasteiger partial charge in [-0.2, -0.15) is 4.39 Å². The van der Waals surface area contributed by atoms with Gasteiger partial charge in [0.15, 0.2) is 0 Å². The third-order valence-corrected chi connectivity index (χ3v) is 6.26. The van der Waals surface area contributed by atoms with Crippen LogP contribution in [-0.4, -0.2) is 21.0 Å². The summed E-state index contributed by atoms with van der Waals surface area (Å²) in [5.74, 6) is -1.39. The van der Waals surface area contributed by atoms with Crippen molar-refractivity contribution in [1.29, 1.82) is 0 Å². The Morgan fingerprint density at radius 3 is 2.38 bits per heavy atom. The molecule has 0 saturated heterocycles. The van der Waals surface area contributed by atoms with E-state index in [4.69, 9.17) is 0 Å². The maximum absolute atomic E-state index is 14.0. The fraction of sp³-hybridized carbons (Fsp3) is 0.148. The highest BCUT2D eigenvalue weighted by Gasteiger charge is 2.44. The summed E-state index contributed by atoms with van der Waals surface area (Å²) in [6.07, 6.45) is 6.10. The normalized spacial score (nSPS) is 16.4. The average molecular weight is 424 g/mol. The molecule has 5 heteroatoms. The number of pyridine rings is 2. The smallest absolute Gasteiger partial charge is 0.307 e. The van der Waals surface area contributed by atoms with Gasteiger partial charge in [0.2, 0.25) is 5.95 Å². The minimum atomic E-state index is -0.873. The Morgan fingerprint density at radius 2 is 1.59 bits per heavy atom. The number of carboxylic acid groups (broad SMARTS) is 1. The molecule has 2 heterocycles. The summed E-state index contributed by atoms with van der Waals surface area (Å²) in [4.78, 5) is 19.6. The number of halogens is 1. The van der Waals surface area contributed by atoms with Crippen LogP contribution in [0.3, 0.4) is 0 Å². The van der Waals surface area contributed by atoms with Crippen molar-refractivity contribution in [3.8, 4) is 11.1 Å². The number of fused-ring (bicyclic) bond motifs is 3. The number of aliphatic carboxylic acids is 1. The first-order valence-corrected chi connectivity index (χ1v) is 10.5. The van der Waals surface area contributed by atoms with E-state index in [1.165, 1.54) is 12.3 Å². The number of aromatic nitrogens is 2. The van der Waals surface area contributed by atoms with Gasteiger partial charge in [-0.25, -0.2) is 4.98 Å². The number of hydrogen-bond acceptors (Lipinski definition) is 3. The van der Waals surface area contributed by atoms with E-state index in [1.807, 2.05) is 42.5 Å². The molecule has 1 unspecified atom stereocenters. The predicted molar refractivity (Wildman–Crippen MR) is 120 cm³/mol. The van der Waals surface area contributed by atoms with E-state index in [0.717, 1.165) is 38.9 Å². The van der Waals surface area contributed by atoms with E-state index in [-0.39, 0.29) is 6.42 Å². The molecule has 0 saturated carbocycles. The Bertz CT molecular complexity index is 1310. The highest BCUT2D eigenvalue weighted by Crippen LogP contribution is 2.53. The Morgan fingerprint density at radius 1 is 0.875 bits per heavy atom. The molecule has 1 aliphatic carbocycles. The molecule has 0 fully saturated rings. The fourth-order valence-corrected chi connectivity index (χ4v) is 5.15. The van der Waals surface area contributed by atoms with E-state index in [0.29, 0.717) is 12.8 Å². The molecular weight excluding hydrogens is 403 g/mol. The molecule has 2 aromatic heterocycles. The van der Waals surface area contributed by atoms with Crippen LogP contribution in [0.1, 0.15) is 27.8 Å². The lowest BCUT2D eigenvalue weighted by atomic mass is 9.68. The lowest BCUT2D eigenvalue weighted by Crippen LogP contribution is -2.32. The molecule has 0 bridgehead atoms. The Kier molecular flexibility index (Phi) is 5.02. The van der Waals surface area contributed by atoms with Gasteiger partial charge >= 0.3 is 5.97 Å². The molecule has 1 N–H and O–H groups in total. The van der Waals surface area contributed by atoms with Crippen molar-refractivity contribution in [2.75, 3.05) is 0 Å². The van der Waals surface area contributed by atoms with Gasteiger partial charge in [-0.1, -0.05) is 42.5 Å². The molecule has 0 aliphatic heterocycles. The Hall–Kier alpha value is -3.86. The van der Waals surface area contributed by atoms with Gasteiger partial charge in [-0.3, -0.25) is 9.78 Å². The monoisotopic (exact) mass is 424 g/mol. The first kappa shape index (κ1) is 20.1. The quantitative estimate of drug-likeness (QED) is 0.443. The number of carbonyl (C=O) groups is 1. The zero-order valence-electron chi connectivity index (χ0n) is 17.3. The summed E-state index contributed by atoms with van der Waals surface area (Å²) >= 11 is 0. The average Bonchev–Trinajstić information content (AvgIpc) is 3.05. The van der Waals surface area contributed by atoms with E-state index < -0.39 is 17.3 Å². The molecule has 158 valence electrons. The van der Waals surface area contributed by atoms with Gasteiger partial charge in [0.05, 0.1) is 6.42 Å². The predicted octanol–water partition coefficient (Wildman–Crippen LogP) is 4.99. The van der Waals surface area contributed by atoms with Gasteiger partial charge in [-0.15, -0.1) is 0 Å². The second-order valence-electron chi connectivity index (χ2n) is 8.23. The van der Waals surface area contributed by atoms with Crippen LogP contribution in [-0.2, 0) is 29.5 Å². The Balaban J connectivity index is 1.79. The summed E-state index contributed by atoms with van der Waals surface area (Å²) in [5, 5.41) is 9.64. The third-order valence-electron chi connectivity index (χ3n) is 6.26. The number of nitrogens with zero attached hydrogens (tertiary/aromatic N) is 2.